The van der Waals surface area contributed by atoms with E-state index in [1.54, 1.807) is 0 Å². The number of rotatable bonds is 6. The van der Waals surface area contributed by atoms with Gasteiger partial charge in [-0.3, -0.25) is 0 Å². The Morgan fingerprint density at radius 1 is 0.379 bits per heavy atom. The van der Waals surface area contributed by atoms with E-state index in [1.165, 1.54) is 53.6 Å². The average molecular weight is 758 g/mol. The third-order valence-corrected chi connectivity index (χ3v) is 13.3. The second-order valence-corrected chi connectivity index (χ2v) is 16.3. The van der Waals surface area contributed by atoms with Crippen molar-refractivity contribution >= 4 is 70.5 Å². The smallest absolute Gasteiger partial charge is 0.135 e. The Bertz CT molecular complexity index is 3300. The quantitative estimate of drug-likeness (QED) is 0.168. The molecule has 0 spiro atoms. The summed E-state index contributed by atoms with van der Waals surface area (Å²) in [4.78, 5) is 2.47. The first kappa shape index (κ1) is 33.0. The molecule has 2 nitrogen and oxygen atoms in total. The topological polar surface area (TPSA) is 16.4 Å². The number of thiophene rings is 1. The van der Waals surface area contributed by atoms with Crippen LogP contribution in [0.4, 0.5) is 17.1 Å². The van der Waals surface area contributed by atoms with Crippen molar-refractivity contribution in [2.75, 3.05) is 4.90 Å². The van der Waals surface area contributed by atoms with Gasteiger partial charge < -0.3 is 9.32 Å². The highest BCUT2D eigenvalue weighted by molar-refractivity contribution is 7.25. The highest BCUT2D eigenvalue weighted by Crippen LogP contribution is 2.59. The van der Waals surface area contributed by atoms with Crippen LogP contribution >= 0.6 is 11.3 Å². The minimum atomic E-state index is -0.551. The molecule has 1 aliphatic carbocycles. The third kappa shape index (κ3) is 4.84. The second-order valence-electron chi connectivity index (χ2n) is 15.2. The average Bonchev–Trinajstić information content (AvgIpc) is 3.95. The summed E-state index contributed by atoms with van der Waals surface area (Å²) in [6, 6.07) is 77.8. The van der Waals surface area contributed by atoms with Crippen LogP contribution in [0.2, 0.25) is 0 Å². The zero-order valence-electron chi connectivity index (χ0n) is 31.5. The summed E-state index contributed by atoms with van der Waals surface area (Å²) in [6.07, 6.45) is 0. The molecule has 2 heterocycles. The molecule has 11 aromatic rings. The fraction of sp³-hybridized carbons (Fsp3) is 0.0182. The van der Waals surface area contributed by atoms with Crippen molar-refractivity contribution in [2.24, 2.45) is 0 Å². The number of fused-ring (bicyclic) bond motifs is 9. The molecule has 0 aliphatic heterocycles. The van der Waals surface area contributed by atoms with Gasteiger partial charge >= 0.3 is 0 Å². The van der Waals surface area contributed by atoms with E-state index in [0.717, 1.165) is 50.1 Å². The Balaban J connectivity index is 1.21. The summed E-state index contributed by atoms with van der Waals surface area (Å²) in [5.41, 5.74) is 14.4. The number of nitrogens with zero attached hydrogens (tertiary/aromatic N) is 1. The Hall–Kier alpha value is -7.20. The lowest BCUT2D eigenvalue weighted by Gasteiger charge is -2.35. The Morgan fingerprint density at radius 2 is 1.02 bits per heavy atom. The molecule has 58 heavy (non-hydrogen) atoms. The van der Waals surface area contributed by atoms with Crippen LogP contribution in [0.5, 0.6) is 0 Å². The van der Waals surface area contributed by atoms with Crippen molar-refractivity contribution < 1.29 is 4.42 Å². The normalized spacial score (nSPS) is 13.0. The van der Waals surface area contributed by atoms with Gasteiger partial charge in [-0.05, 0) is 99.6 Å². The van der Waals surface area contributed by atoms with E-state index in [1.807, 2.05) is 17.4 Å². The lowest BCUT2D eigenvalue weighted by molar-refractivity contribution is 0.669. The van der Waals surface area contributed by atoms with Gasteiger partial charge in [0.2, 0.25) is 0 Å². The maximum atomic E-state index is 6.36. The van der Waals surface area contributed by atoms with Crippen LogP contribution in [0, 0.1) is 0 Å². The van der Waals surface area contributed by atoms with Crippen LogP contribution < -0.4 is 4.90 Å². The van der Waals surface area contributed by atoms with Gasteiger partial charge in [-0.1, -0.05) is 152 Å². The molecule has 9 aromatic carbocycles. The van der Waals surface area contributed by atoms with Gasteiger partial charge in [0.1, 0.15) is 11.2 Å². The molecule has 12 rings (SSSR count). The van der Waals surface area contributed by atoms with Crippen LogP contribution in [0.3, 0.4) is 0 Å². The van der Waals surface area contributed by atoms with Crippen molar-refractivity contribution in [1.29, 1.82) is 0 Å². The zero-order chi connectivity index (χ0) is 38.2. The molecule has 0 atom stereocenters. The van der Waals surface area contributed by atoms with E-state index < -0.39 is 5.41 Å². The van der Waals surface area contributed by atoms with Crippen LogP contribution in [0.1, 0.15) is 22.3 Å². The number of hydrogen-bond acceptors (Lipinski definition) is 3. The standard InChI is InChI=1S/C55H35NOS/c1-4-16-37(17-5-1)55(38-18-6-2-7-19-38)48-25-13-10-22-41(48)46-34-45(36-28-31-52-47(32-36)42-23-11-14-26-51(42)57-52)50(35-49(46)55)56(39-20-8-3-9-21-39)40-29-30-44-43-24-12-15-27-53(43)58-54(44)33-40/h1-35H. The number of hydrogen-bond donors (Lipinski definition) is 0. The molecule has 0 unspecified atom stereocenters. The molecule has 0 saturated carbocycles. The van der Waals surface area contributed by atoms with Gasteiger partial charge in [-0.2, -0.15) is 0 Å². The highest BCUT2D eigenvalue weighted by Gasteiger charge is 2.46. The van der Waals surface area contributed by atoms with Gasteiger partial charge in [-0.25, -0.2) is 0 Å². The SMILES string of the molecule is c1ccc(N(c2ccc3c(c2)sc2ccccc23)c2cc3c(cc2-c2ccc4oc5ccccc5c4c2)-c2ccccc2C3(c2ccccc2)c2ccccc2)cc1. The van der Waals surface area contributed by atoms with E-state index in [0.29, 0.717) is 0 Å². The first-order valence-electron chi connectivity index (χ1n) is 19.8. The minimum absolute atomic E-state index is 0.551. The highest BCUT2D eigenvalue weighted by atomic mass is 32.1. The van der Waals surface area contributed by atoms with Gasteiger partial charge in [0, 0.05) is 47.9 Å². The van der Waals surface area contributed by atoms with Gasteiger partial charge in [-0.15, -0.1) is 11.3 Å². The summed E-state index contributed by atoms with van der Waals surface area (Å²) in [7, 11) is 0. The fourth-order valence-electron chi connectivity index (χ4n) is 9.64. The molecule has 0 fully saturated rings. The summed E-state index contributed by atoms with van der Waals surface area (Å²) in [5.74, 6) is 0. The van der Waals surface area contributed by atoms with Crippen LogP contribution in [0.25, 0.3) is 64.4 Å². The van der Waals surface area contributed by atoms with E-state index in [9.17, 15) is 0 Å². The molecule has 1 aliphatic rings. The summed E-state index contributed by atoms with van der Waals surface area (Å²) in [6.45, 7) is 0. The van der Waals surface area contributed by atoms with Crippen molar-refractivity contribution in [3.05, 3.63) is 235 Å². The summed E-state index contributed by atoms with van der Waals surface area (Å²) >= 11 is 1.86. The molecule has 0 bridgehead atoms. The largest absolute Gasteiger partial charge is 0.456 e. The predicted octanol–water partition coefficient (Wildman–Crippen LogP) is 15.5. The van der Waals surface area contributed by atoms with E-state index >= 15 is 0 Å². The van der Waals surface area contributed by atoms with Gasteiger partial charge in [0.25, 0.3) is 0 Å². The molecule has 272 valence electrons. The number of anilines is 3. The molecule has 0 amide bonds. The van der Waals surface area contributed by atoms with Crippen LogP contribution in [-0.2, 0) is 5.41 Å². The molecule has 3 heteroatoms. The summed E-state index contributed by atoms with van der Waals surface area (Å²) in [5, 5.41) is 4.81. The Labute approximate surface area is 340 Å². The van der Waals surface area contributed by atoms with E-state index in [2.05, 4.69) is 211 Å². The number of benzene rings is 9. The van der Waals surface area contributed by atoms with Crippen LogP contribution in [0.15, 0.2) is 217 Å². The minimum Gasteiger partial charge on any atom is -0.456 e. The zero-order valence-corrected chi connectivity index (χ0v) is 32.3. The second kappa shape index (κ2) is 12.9. The van der Waals surface area contributed by atoms with Crippen LogP contribution in [-0.4, -0.2) is 0 Å². The predicted molar refractivity (Wildman–Crippen MR) is 244 cm³/mol. The number of furan rings is 1. The lowest BCUT2D eigenvalue weighted by Crippen LogP contribution is -2.28. The van der Waals surface area contributed by atoms with E-state index in [4.69, 9.17) is 4.42 Å². The van der Waals surface area contributed by atoms with Crippen molar-refractivity contribution in [1.82, 2.24) is 0 Å². The van der Waals surface area contributed by atoms with Crippen molar-refractivity contribution in [2.45, 2.75) is 5.41 Å². The maximum absolute atomic E-state index is 6.36. The monoisotopic (exact) mass is 757 g/mol. The molecule has 0 radical (unpaired) electrons. The molecule has 0 N–H and O–H groups in total. The summed E-state index contributed by atoms with van der Waals surface area (Å²) < 4.78 is 8.93. The number of para-hydroxylation sites is 2. The molecule has 0 saturated heterocycles. The molecular weight excluding hydrogens is 723 g/mol. The fourth-order valence-corrected chi connectivity index (χ4v) is 10.8. The Morgan fingerprint density at radius 3 is 1.81 bits per heavy atom. The van der Waals surface area contributed by atoms with E-state index in [-0.39, 0.29) is 0 Å². The first-order valence-corrected chi connectivity index (χ1v) is 20.6. The van der Waals surface area contributed by atoms with Gasteiger partial charge in [0.15, 0.2) is 0 Å². The van der Waals surface area contributed by atoms with Crippen molar-refractivity contribution in [3.63, 3.8) is 0 Å². The first-order chi connectivity index (χ1) is 28.8. The Kier molecular flexibility index (Phi) is 7.35. The maximum Gasteiger partial charge on any atom is 0.135 e. The lowest BCUT2D eigenvalue weighted by atomic mass is 9.67. The molecule has 2 aromatic heterocycles. The van der Waals surface area contributed by atoms with Gasteiger partial charge in [0.05, 0.1) is 11.1 Å². The van der Waals surface area contributed by atoms with Crippen molar-refractivity contribution in [3.8, 4) is 22.3 Å². The molecular formula is C55H35NOS. The third-order valence-electron chi connectivity index (χ3n) is 12.1.